The van der Waals surface area contributed by atoms with Crippen molar-refractivity contribution in [1.29, 1.82) is 0 Å². The summed E-state index contributed by atoms with van der Waals surface area (Å²) in [5.41, 5.74) is 0. The zero-order valence-corrected chi connectivity index (χ0v) is 16.8. The van der Waals surface area contributed by atoms with E-state index < -0.39 is 0 Å². The first-order valence-electron chi connectivity index (χ1n) is 10.7. The molecule has 25 heavy (non-hydrogen) atoms. The van der Waals surface area contributed by atoms with Gasteiger partial charge in [0, 0.05) is 6.42 Å². The van der Waals surface area contributed by atoms with Gasteiger partial charge in [0.2, 0.25) is 5.84 Å². The number of quaternary nitrogens is 1. The molecular weight excluding hydrogens is 308 g/mol. The Morgan fingerprint density at radius 3 is 1.96 bits per heavy atom. The average Bonchev–Trinajstić information content (AvgIpc) is 2.99. The van der Waals surface area contributed by atoms with Gasteiger partial charge in [-0.25, -0.2) is 10.2 Å². The number of unbranched alkanes of at least 4 members (excludes halogenated alkanes) is 12. The molecule has 1 aliphatic heterocycles. The van der Waals surface area contributed by atoms with Gasteiger partial charge in [-0.1, -0.05) is 90.6 Å². The SMILES string of the molecule is CCCCCCCCCCCCCC/C=C/C[N+]1(O)C=CN=C1CC. The maximum absolute atomic E-state index is 10.4. The highest BCUT2D eigenvalue weighted by atomic mass is 16.5. The lowest BCUT2D eigenvalue weighted by atomic mass is 10.0. The molecule has 0 saturated heterocycles. The predicted octanol–water partition coefficient (Wildman–Crippen LogP) is 7.13. The third-order valence-electron chi connectivity index (χ3n) is 5.07. The molecule has 0 aromatic heterocycles. The van der Waals surface area contributed by atoms with Crippen LogP contribution in [0.15, 0.2) is 29.5 Å². The molecule has 1 rings (SSSR count). The highest BCUT2D eigenvalue weighted by Crippen LogP contribution is 2.16. The number of hydroxylamine groups is 3. The van der Waals surface area contributed by atoms with E-state index in [1.54, 1.807) is 12.4 Å². The molecule has 144 valence electrons. The standard InChI is InChI=1S/C22H41N2O/c1-3-5-6-7-8-9-10-11-12-13-14-15-16-17-18-20-24(25)21-19-23-22(24)4-2/h17-19,21,25H,3-16,20H2,1-2H3/q+1/b18-17+. The van der Waals surface area contributed by atoms with Crippen LogP contribution in [0.1, 0.15) is 104 Å². The summed E-state index contributed by atoms with van der Waals surface area (Å²) < 4.78 is -0.133. The highest BCUT2D eigenvalue weighted by molar-refractivity contribution is 5.77. The van der Waals surface area contributed by atoms with Crippen molar-refractivity contribution in [3.8, 4) is 0 Å². The van der Waals surface area contributed by atoms with E-state index in [2.05, 4.69) is 24.1 Å². The van der Waals surface area contributed by atoms with Crippen molar-refractivity contribution < 1.29 is 9.85 Å². The Morgan fingerprint density at radius 2 is 1.40 bits per heavy atom. The van der Waals surface area contributed by atoms with Crippen LogP contribution in [0.3, 0.4) is 0 Å². The minimum Gasteiger partial charge on any atom is -0.205 e. The van der Waals surface area contributed by atoms with Crippen LogP contribution in [0.2, 0.25) is 0 Å². The van der Waals surface area contributed by atoms with Gasteiger partial charge in [-0.2, -0.15) is 0 Å². The molecule has 1 heterocycles. The largest absolute Gasteiger partial charge is 0.240 e. The van der Waals surface area contributed by atoms with Gasteiger partial charge in [-0.15, -0.1) is 4.65 Å². The fraction of sp³-hybridized carbons (Fsp3) is 0.773. The molecule has 3 heteroatoms. The maximum Gasteiger partial charge on any atom is 0.240 e. The number of allylic oxidation sites excluding steroid dienone is 1. The van der Waals surface area contributed by atoms with E-state index >= 15 is 0 Å². The molecule has 0 radical (unpaired) electrons. The van der Waals surface area contributed by atoms with Crippen LogP contribution < -0.4 is 0 Å². The summed E-state index contributed by atoms with van der Waals surface area (Å²) in [6, 6.07) is 0. The molecular formula is C22H41N2O+. The molecule has 0 bridgehead atoms. The minimum atomic E-state index is -0.133. The Balaban J connectivity index is 1.87. The van der Waals surface area contributed by atoms with Crippen LogP contribution in [0.5, 0.6) is 0 Å². The van der Waals surface area contributed by atoms with Crippen molar-refractivity contribution in [2.45, 2.75) is 104 Å². The van der Waals surface area contributed by atoms with Gasteiger partial charge in [0.15, 0.2) is 6.20 Å². The number of aliphatic imine (C=N–C) groups is 1. The van der Waals surface area contributed by atoms with E-state index in [1.807, 2.05) is 6.92 Å². The number of hydrogen-bond donors (Lipinski definition) is 1. The van der Waals surface area contributed by atoms with E-state index in [0.717, 1.165) is 18.7 Å². The fourth-order valence-electron chi connectivity index (χ4n) is 3.40. The molecule has 3 nitrogen and oxygen atoms in total. The van der Waals surface area contributed by atoms with Crippen LogP contribution in [0.4, 0.5) is 0 Å². The smallest absolute Gasteiger partial charge is 0.205 e. The van der Waals surface area contributed by atoms with Crippen LogP contribution in [-0.4, -0.2) is 22.2 Å². The third kappa shape index (κ3) is 9.96. The second-order valence-corrected chi connectivity index (χ2v) is 7.36. The number of amidine groups is 1. The zero-order valence-electron chi connectivity index (χ0n) is 16.8. The summed E-state index contributed by atoms with van der Waals surface area (Å²) in [6.07, 6.45) is 26.4. The van der Waals surface area contributed by atoms with Gasteiger partial charge in [-0.3, -0.25) is 0 Å². The first-order chi connectivity index (χ1) is 12.2. The van der Waals surface area contributed by atoms with Crippen LogP contribution >= 0.6 is 0 Å². The maximum atomic E-state index is 10.4. The molecule has 1 atom stereocenters. The molecule has 0 aliphatic carbocycles. The lowest BCUT2D eigenvalue weighted by Crippen LogP contribution is -2.42. The monoisotopic (exact) mass is 349 g/mol. The molecule has 1 aliphatic rings. The van der Waals surface area contributed by atoms with Crippen molar-refractivity contribution in [3.63, 3.8) is 0 Å². The second kappa shape index (κ2) is 14.3. The number of hydrogen-bond acceptors (Lipinski definition) is 2. The average molecular weight is 350 g/mol. The van der Waals surface area contributed by atoms with Crippen molar-refractivity contribution in [1.82, 2.24) is 0 Å². The van der Waals surface area contributed by atoms with E-state index in [1.165, 1.54) is 77.0 Å². The van der Waals surface area contributed by atoms with Gasteiger partial charge >= 0.3 is 0 Å². The summed E-state index contributed by atoms with van der Waals surface area (Å²) in [7, 11) is 0. The molecule has 1 unspecified atom stereocenters. The Morgan fingerprint density at radius 1 is 0.840 bits per heavy atom. The summed E-state index contributed by atoms with van der Waals surface area (Å²) in [5.74, 6) is 0.829. The zero-order chi connectivity index (χ0) is 18.2. The fourth-order valence-corrected chi connectivity index (χ4v) is 3.40. The Bertz CT molecular complexity index is 414. The van der Waals surface area contributed by atoms with E-state index in [0.29, 0.717) is 6.54 Å². The van der Waals surface area contributed by atoms with Crippen LogP contribution in [0, 0.1) is 0 Å². The van der Waals surface area contributed by atoms with Gasteiger partial charge < -0.3 is 0 Å². The second-order valence-electron chi connectivity index (χ2n) is 7.36. The number of nitrogens with zero attached hydrogens (tertiary/aromatic N) is 2. The summed E-state index contributed by atoms with van der Waals surface area (Å²) >= 11 is 0. The lowest BCUT2D eigenvalue weighted by Gasteiger charge is -2.20. The Kier molecular flexibility index (Phi) is 12.6. The van der Waals surface area contributed by atoms with E-state index in [9.17, 15) is 5.21 Å². The molecule has 0 aromatic carbocycles. The van der Waals surface area contributed by atoms with Crippen molar-refractivity contribution in [2.75, 3.05) is 6.54 Å². The van der Waals surface area contributed by atoms with Crippen molar-refractivity contribution in [3.05, 3.63) is 24.6 Å². The Hall–Kier alpha value is -0.930. The normalized spacial score (nSPS) is 19.9. The van der Waals surface area contributed by atoms with E-state index in [-0.39, 0.29) is 4.65 Å². The molecule has 0 spiro atoms. The highest BCUT2D eigenvalue weighted by Gasteiger charge is 2.31. The van der Waals surface area contributed by atoms with Gasteiger partial charge in [0.05, 0.1) is 6.20 Å². The predicted molar refractivity (Wildman–Crippen MR) is 109 cm³/mol. The van der Waals surface area contributed by atoms with E-state index in [4.69, 9.17) is 0 Å². The molecule has 0 fully saturated rings. The van der Waals surface area contributed by atoms with Gasteiger partial charge in [0.1, 0.15) is 6.54 Å². The Labute approximate surface area is 156 Å². The van der Waals surface area contributed by atoms with Crippen molar-refractivity contribution in [2.24, 2.45) is 4.99 Å². The van der Waals surface area contributed by atoms with Crippen LogP contribution in [-0.2, 0) is 0 Å². The molecule has 0 aromatic rings. The molecule has 1 N–H and O–H groups in total. The summed E-state index contributed by atoms with van der Waals surface area (Å²) in [5, 5.41) is 10.4. The number of rotatable bonds is 16. The first-order valence-corrected chi connectivity index (χ1v) is 10.7. The first kappa shape index (κ1) is 22.1. The van der Waals surface area contributed by atoms with Crippen LogP contribution in [0.25, 0.3) is 0 Å². The lowest BCUT2D eigenvalue weighted by molar-refractivity contribution is -0.984. The van der Waals surface area contributed by atoms with Gasteiger partial charge in [-0.05, 0) is 18.9 Å². The quantitative estimate of drug-likeness (QED) is 0.179. The molecule has 0 amide bonds. The molecule has 0 saturated carbocycles. The third-order valence-corrected chi connectivity index (χ3v) is 5.07. The van der Waals surface area contributed by atoms with Crippen molar-refractivity contribution >= 4 is 5.84 Å². The topological polar surface area (TPSA) is 32.6 Å². The minimum absolute atomic E-state index is 0.133. The van der Waals surface area contributed by atoms with Gasteiger partial charge in [0.25, 0.3) is 0 Å². The summed E-state index contributed by atoms with van der Waals surface area (Å²) in [6.45, 7) is 4.91. The summed E-state index contributed by atoms with van der Waals surface area (Å²) in [4.78, 5) is 4.22.